The molecule has 2 heterocycles. The number of hydrogen-bond donors (Lipinski definition) is 0. The molecule has 4 rings (SSSR count). The largest absolute Gasteiger partial charge is 0.464 e. The van der Waals surface area contributed by atoms with Gasteiger partial charge in [0.2, 0.25) is 15.9 Å². The van der Waals surface area contributed by atoms with Crippen LogP contribution in [0.3, 0.4) is 0 Å². The minimum Gasteiger partial charge on any atom is -0.464 e. The molecule has 1 saturated heterocycles. The highest BCUT2D eigenvalue weighted by molar-refractivity contribution is 7.89. The Morgan fingerprint density at radius 3 is 2.29 bits per heavy atom. The normalized spacial score (nSPS) is 14.6. The molecule has 0 aliphatic carbocycles. The van der Waals surface area contributed by atoms with Crippen molar-refractivity contribution in [3.8, 4) is 0 Å². The summed E-state index contributed by atoms with van der Waals surface area (Å²) < 4.78 is 39.9. The van der Waals surface area contributed by atoms with E-state index in [0.29, 0.717) is 31.9 Å². The zero-order valence-corrected chi connectivity index (χ0v) is 23.0. The topological polar surface area (TPSA) is 83.3 Å². The Bertz CT molecular complexity index is 1270. The van der Waals surface area contributed by atoms with Gasteiger partial charge in [0.15, 0.2) is 0 Å². The van der Waals surface area contributed by atoms with Gasteiger partial charge in [-0.2, -0.15) is 4.31 Å². The van der Waals surface area contributed by atoms with E-state index >= 15 is 0 Å². The monoisotopic (exact) mass is 539 g/mol. The van der Waals surface area contributed by atoms with E-state index in [1.54, 1.807) is 29.2 Å². The standard InChI is InChI=1S/C29H37N3O5S/c1-24-9-13-28(14-10-24)38(34,35)32(16-6-15-30-17-19-36-20-18-30)23-29(33)31(21-26-7-4-3-5-8-26)22-27-12-11-25(2)37-27/h3-5,7-14H,6,15-23H2,1-2H3. The van der Waals surface area contributed by atoms with Gasteiger partial charge < -0.3 is 14.1 Å². The van der Waals surface area contributed by atoms with Gasteiger partial charge in [-0.1, -0.05) is 48.0 Å². The summed E-state index contributed by atoms with van der Waals surface area (Å²) in [5.74, 6) is 1.15. The molecule has 9 heteroatoms. The number of rotatable bonds is 12. The SMILES string of the molecule is Cc1ccc(S(=O)(=O)N(CCCN2CCOCC2)CC(=O)N(Cc2ccccc2)Cc2ccc(C)o2)cc1. The molecule has 1 aliphatic heterocycles. The maximum absolute atomic E-state index is 13.7. The van der Waals surface area contributed by atoms with Crippen LogP contribution >= 0.6 is 0 Å². The van der Waals surface area contributed by atoms with E-state index in [4.69, 9.17) is 9.15 Å². The second kappa shape index (κ2) is 13.2. The number of furan rings is 1. The third-order valence-electron chi connectivity index (χ3n) is 6.67. The number of sulfonamides is 1. The lowest BCUT2D eigenvalue weighted by Gasteiger charge is -2.29. The van der Waals surface area contributed by atoms with Crippen LogP contribution < -0.4 is 0 Å². The molecule has 0 unspecified atom stereocenters. The first-order chi connectivity index (χ1) is 18.3. The molecule has 1 aliphatic rings. The van der Waals surface area contributed by atoms with Gasteiger partial charge in [0.25, 0.3) is 0 Å². The Morgan fingerprint density at radius 2 is 1.63 bits per heavy atom. The molecular weight excluding hydrogens is 502 g/mol. The van der Waals surface area contributed by atoms with Crippen molar-refractivity contribution in [2.24, 2.45) is 0 Å². The lowest BCUT2D eigenvalue weighted by molar-refractivity contribution is -0.133. The van der Waals surface area contributed by atoms with Gasteiger partial charge in [-0.25, -0.2) is 8.42 Å². The predicted molar refractivity (Wildman–Crippen MR) is 146 cm³/mol. The van der Waals surface area contributed by atoms with Gasteiger partial charge in [0.05, 0.1) is 31.2 Å². The summed E-state index contributed by atoms with van der Waals surface area (Å²) in [5.41, 5.74) is 1.94. The highest BCUT2D eigenvalue weighted by Gasteiger charge is 2.29. The van der Waals surface area contributed by atoms with Crippen molar-refractivity contribution in [1.29, 1.82) is 0 Å². The molecule has 8 nitrogen and oxygen atoms in total. The molecule has 0 N–H and O–H groups in total. The number of nitrogens with zero attached hydrogens (tertiary/aromatic N) is 3. The van der Waals surface area contributed by atoms with E-state index in [1.807, 2.05) is 56.3 Å². The molecule has 1 amide bonds. The van der Waals surface area contributed by atoms with E-state index in [0.717, 1.165) is 36.5 Å². The Kier molecular flexibility index (Phi) is 9.74. The maximum atomic E-state index is 13.7. The van der Waals surface area contributed by atoms with Crippen LogP contribution in [0.2, 0.25) is 0 Å². The Balaban J connectivity index is 1.54. The molecule has 0 spiro atoms. The average Bonchev–Trinajstić information content (AvgIpc) is 3.33. The van der Waals surface area contributed by atoms with Crippen molar-refractivity contribution in [3.05, 3.63) is 89.4 Å². The summed E-state index contributed by atoms with van der Waals surface area (Å²) in [5, 5.41) is 0. The van der Waals surface area contributed by atoms with Crippen LogP contribution in [0, 0.1) is 13.8 Å². The first kappa shape index (κ1) is 28.0. The van der Waals surface area contributed by atoms with Crippen LogP contribution in [0.1, 0.15) is 29.1 Å². The van der Waals surface area contributed by atoms with Crippen LogP contribution in [0.5, 0.6) is 0 Å². The fourth-order valence-electron chi connectivity index (χ4n) is 4.48. The van der Waals surface area contributed by atoms with Crippen LogP contribution in [0.4, 0.5) is 0 Å². The average molecular weight is 540 g/mol. The van der Waals surface area contributed by atoms with Crippen molar-refractivity contribution >= 4 is 15.9 Å². The highest BCUT2D eigenvalue weighted by atomic mass is 32.2. The van der Waals surface area contributed by atoms with Gasteiger partial charge in [0, 0.05) is 26.2 Å². The van der Waals surface area contributed by atoms with Crippen molar-refractivity contribution < 1.29 is 22.4 Å². The smallest absolute Gasteiger partial charge is 0.243 e. The van der Waals surface area contributed by atoms with Gasteiger partial charge >= 0.3 is 0 Å². The van der Waals surface area contributed by atoms with Gasteiger partial charge in [-0.3, -0.25) is 9.69 Å². The van der Waals surface area contributed by atoms with Crippen molar-refractivity contribution in [1.82, 2.24) is 14.1 Å². The summed E-state index contributed by atoms with van der Waals surface area (Å²) >= 11 is 0. The molecule has 0 saturated carbocycles. The molecule has 1 fully saturated rings. The molecule has 3 aromatic rings. The quantitative estimate of drug-likeness (QED) is 0.348. The first-order valence-corrected chi connectivity index (χ1v) is 14.5. The van der Waals surface area contributed by atoms with E-state index in [1.165, 1.54) is 4.31 Å². The summed E-state index contributed by atoms with van der Waals surface area (Å²) in [7, 11) is -3.87. The number of aryl methyl sites for hydroxylation is 2. The number of morpholine rings is 1. The summed E-state index contributed by atoms with van der Waals surface area (Å²) in [6, 6.07) is 20.2. The number of carbonyl (C=O) groups excluding carboxylic acids is 1. The molecule has 204 valence electrons. The predicted octanol–water partition coefficient (Wildman–Crippen LogP) is 3.84. The molecule has 0 bridgehead atoms. The zero-order chi connectivity index (χ0) is 27.0. The first-order valence-electron chi connectivity index (χ1n) is 13.1. The van der Waals surface area contributed by atoms with E-state index < -0.39 is 10.0 Å². The lowest BCUT2D eigenvalue weighted by Crippen LogP contribution is -2.44. The number of carbonyl (C=O) groups is 1. The Hall–Kier alpha value is -2.98. The third kappa shape index (κ3) is 7.77. The summed E-state index contributed by atoms with van der Waals surface area (Å²) in [6.45, 7) is 8.17. The second-order valence-electron chi connectivity index (χ2n) is 9.71. The fourth-order valence-corrected chi connectivity index (χ4v) is 5.91. The number of amides is 1. The zero-order valence-electron chi connectivity index (χ0n) is 22.2. The summed E-state index contributed by atoms with van der Waals surface area (Å²) in [4.78, 5) is 17.8. The van der Waals surface area contributed by atoms with E-state index in [2.05, 4.69) is 4.90 Å². The minimum absolute atomic E-state index is 0.193. The van der Waals surface area contributed by atoms with Crippen LogP contribution in [-0.4, -0.2) is 74.4 Å². The molecule has 0 atom stereocenters. The van der Waals surface area contributed by atoms with Gasteiger partial charge in [0.1, 0.15) is 11.5 Å². The van der Waals surface area contributed by atoms with Crippen molar-refractivity contribution in [2.45, 2.75) is 38.3 Å². The third-order valence-corrected chi connectivity index (χ3v) is 8.53. The summed E-state index contributed by atoms with van der Waals surface area (Å²) in [6.07, 6.45) is 0.619. The van der Waals surface area contributed by atoms with E-state index in [-0.39, 0.29) is 30.4 Å². The molecule has 38 heavy (non-hydrogen) atoms. The Labute approximate surface area is 225 Å². The van der Waals surface area contributed by atoms with Crippen LogP contribution in [0.25, 0.3) is 0 Å². The number of benzene rings is 2. The fraction of sp³-hybridized carbons (Fsp3) is 0.414. The highest BCUT2D eigenvalue weighted by Crippen LogP contribution is 2.19. The van der Waals surface area contributed by atoms with Crippen molar-refractivity contribution in [2.75, 3.05) is 45.9 Å². The van der Waals surface area contributed by atoms with E-state index in [9.17, 15) is 13.2 Å². The molecule has 2 aromatic carbocycles. The minimum atomic E-state index is -3.87. The lowest BCUT2D eigenvalue weighted by atomic mass is 10.2. The second-order valence-corrected chi connectivity index (χ2v) is 11.6. The number of ether oxygens (including phenoxy) is 1. The Morgan fingerprint density at radius 1 is 0.921 bits per heavy atom. The van der Waals surface area contributed by atoms with Gasteiger partial charge in [-0.05, 0) is 56.6 Å². The maximum Gasteiger partial charge on any atom is 0.243 e. The molecule has 1 aromatic heterocycles. The number of hydrogen-bond acceptors (Lipinski definition) is 6. The van der Waals surface area contributed by atoms with Crippen LogP contribution in [0.15, 0.2) is 76.0 Å². The van der Waals surface area contributed by atoms with Crippen LogP contribution in [-0.2, 0) is 32.6 Å². The van der Waals surface area contributed by atoms with Gasteiger partial charge in [-0.15, -0.1) is 0 Å². The molecular formula is C29H37N3O5S. The van der Waals surface area contributed by atoms with Crippen molar-refractivity contribution in [3.63, 3.8) is 0 Å². The molecule has 0 radical (unpaired) electrons.